The molecule has 0 spiro atoms. The lowest BCUT2D eigenvalue weighted by Crippen LogP contribution is -2.22. The van der Waals surface area contributed by atoms with E-state index >= 15 is 0 Å². The molecule has 0 aliphatic heterocycles. The molecule has 2 atom stereocenters. The van der Waals surface area contributed by atoms with Gasteiger partial charge in [0, 0.05) is 0 Å². The average Bonchev–Trinajstić information content (AvgIpc) is 1.98. The van der Waals surface area contributed by atoms with E-state index in [1.54, 1.807) is 0 Å². The van der Waals surface area contributed by atoms with Gasteiger partial charge in [0.15, 0.2) is 0 Å². The standard InChI is InChI=1S/C11H24O/c1-8(2)6-7-11(12)10(5)9(3)4/h8-12H,6-7H2,1-5H3. The second-order valence-electron chi connectivity index (χ2n) is 4.64. The maximum Gasteiger partial charge on any atom is 0.0568 e. The summed E-state index contributed by atoms with van der Waals surface area (Å²) >= 11 is 0. The van der Waals surface area contributed by atoms with Gasteiger partial charge in [0.1, 0.15) is 0 Å². The van der Waals surface area contributed by atoms with Gasteiger partial charge in [-0.3, -0.25) is 0 Å². The summed E-state index contributed by atoms with van der Waals surface area (Å²) in [6.45, 7) is 10.9. The van der Waals surface area contributed by atoms with Crippen molar-refractivity contribution in [2.24, 2.45) is 17.8 Å². The zero-order valence-electron chi connectivity index (χ0n) is 9.17. The van der Waals surface area contributed by atoms with E-state index < -0.39 is 0 Å². The molecule has 0 aliphatic rings. The highest BCUT2D eigenvalue weighted by Crippen LogP contribution is 2.19. The number of aliphatic hydroxyl groups is 1. The molecule has 0 saturated heterocycles. The molecule has 1 nitrogen and oxygen atoms in total. The minimum atomic E-state index is -0.104. The number of hydrogen-bond acceptors (Lipinski definition) is 1. The third-order valence-electron chi connectivity index (χ3n) is 2.70. The number of aliphatic hydroxyl groups excluding tert-OH is 1. The molecule has 0 aromatic heterocycles. The quantitative estimate of drug-likeness (QED) is 0.675. The van der Waals surface area contributed by atoms with Crippen molar-refractivity contribution in [1.29, 1.82) is 0 Å². The monoisotopic (exact) mass is 172 g/mol. The van der Waals surface area contributed by atoms with Crippen molar-refractivity contribution in [1.82, 2.24) is 0 Å². The van der Waals surface area contributed by atoms with Crippen molar-refractivity contribution in [2.75, 3.05) is 0 Å². The van der Waals surface area contributed by atoms with Crippen LogP contribution in [0.15, 0.2) is 0 Å². The van der Waals surface area contributed by atoms with Gasteiger partial charge in [0.25, 0.3) is 0 Å². The molecule has 0 aromatic carbocycles. The molecule has 0 rings (SSSR count). The first-order valence-electron chi connectivity index (χ1n) is 5.13. The highest BCUT2D eigenvalue weighted by molar-refractivity contribution is 4.67. The highest BCUT2D eigenvalue weighted by atomic mass is 16.3. The van der Waals surface area contributed by atoms with E-state index in [1.807, 2.05) is 0 Å². The summed E-state index contributed by atoms with van der Waals surface area (Å²) in [7, 11) is 0. The van der Waals surface area contributed by atoms with Crippen LogP contribution in [0.2, 0.25) is 0 Å². The highest BCUT2D eigenvalue weighted by Gasteiger charge is 2.17. The normalized spacial score (nSPS) is 17.0. The van der Waals surface area contributed by atoms with Crippen molar-refractivity contribution < 1.29 is 5.11 Å². The summed E-state index contributed by atoms with van der Waals surface area (Å²) in [5.41, 5.74) is 0. The predicted molar refractivity (Wildman–Crippen MR) is 54.1 cm³/mol. The zero-order valence-corrected chi connectivity index (χ0v) is 9.17. The van der Waals surface area contributed by atoms with E-state index in [0.717, 1.165) is 12.8 Å². The van der Waals surface area contributed by atoms with Crippen molar-refractivity contribution in [3.8, 4) is 0 Å². The van der Waals surface area contributed by atoms with Crippen LogP contribution in [0.5, 0.6) is 0 Å². The maximum absolute atomic E-state index is 9.74. The summed E-state index contributed by atoms with van der Waals surface area (Å²) < 4.78 is 0. The lowest BCUT2D eigenvalue weighted by Gasteiger charge is -2.22. The summed E-state index contributed by atoms with van der Waals surface area (Å²) in [6.07, 6.45) is 1.99. The van der Waals surface area contributed by atoms with Gasteiger partial charge in [-0.15, -0.1) is 0 Å². The largest absolute Gasteiger partial charge is 0.393 e. The minimum Gasteiger partial charge on any atom is -0.393 e. The fraction of sp³-hybridized carbons (Fsp3) is 1.00. The second-order valence-corrected chi connectivity index (χ2v) is 4.64. The first-order valence-corrected chi connectivity index (χ1v) is 5.13. The van der Waals surface area contributed by atoms with Crippen LogP contribution in [0.3, 0.4) is 0 Å². The second kappa shape index (κ2) is 5.58. The molecular formula is C11H24O. The Kier molecular flexibility index (Phi) is 5.56. The predicted octanol–water partition coefficient (Wildman–Crippen LogP) is 3.08. The van der Waals surface area contributed by atoms with Crippen LogP contribution in [0.1, 0.15) is 47.5 Å². The topological polar surface area (TPSA) is 20.2 Å². The molecule has 74 valence electrons. The van der Waals surface area contributed by atoms with E-state index in [9.17, 15) is 5.11 Å². The van der Waals surface area contributed by atoms with Gasteiger partial charge in [-0.05, 0) is 30.6 Å². The Morgan fingerprint density at radius 1 is 0.917 bits per heavy atom. The summed E-state index contributed by atoms with van der Waals surface area (Å²) in [4.78, 5) is 0. The lowest BCUT2D eigenvalue weighted by atomic mass is 9.88. The van der Waals surface area contributed by atoms with E-state index in [1.165, 1.54) is 0 Å². The van der Waals surface area contributed by atoms with Gasteiger partial charge in [-0.25, -0.2) is 0 Å². The number of rotatable bonds is 5. The van der Waals surface area contributed by atoms with Crippen LogP contribution in [0.4, 0.5) is 0 Å². The molecule has 12 heavy (non-hydrogen) atoms. The Bertz CT molecular complexity index is 108. The Balaban J connectivity index is 3.64. The van der Waals surface area contributed by atoms with Gasteiger partial charge in [0.2, 0.25) is 0 Å². The average molecular weight is 172 g/mol. The fourth-order valence-corrected chi connectivity index (χ4v) is 1.21. The lowest BCUT2D eigenvalue weighted by molar-refractivity contribution is 0.0787. The van der Waals surface area contributed by atoms with Gasteiger partial charge in [-0.1, -0.05) is 34.6 Å². The summed E-state index contributed by atoms with van der Waals surface area (Å²) in [6, 6.07) is 0. The first-order chi connectivity index (χ1) is 5.45. The molecule has 0 amide bonds. The summed E-state index contributed by atoms with van der Waals surface area (Å²) in [5.74, 6) is 1.73. The van der Waals surface area contributed by atoms with Crippen LogP contribution in [-0.2, 0) is 0 Å². The van der Waals surface area contributed by atoms with Crippen molar-refractivity contribution in [3.05, 3.63) is 0 Å². The molecule has 0 fully saturated rings. The molecule has 1 N–H and O–H groups in total. The van der Waals surface area contributed by atoms with Crippen LogP contribution < -0.4 is 0 Å². The van der Waals surface area contributed by atoms with Gasteiger partial charge >= 0.3 is 0 Å². The van der Waals surface area contributed by atoms with Crippen LogP contribution in [0, 0.1) is 17.8 Å². The SMILES string of the molecule is CC(C)CCC(O)C(C)C(C)C. The minimum absolute atomic E-state index is 0.104. The van der Waals surface area contributed by atoms with Crippen LogP contribution in [-0.4, -0.2) is 11.2 Å². The molecule has 0 aliphatic carbocycles. The molecule has 1 heteroatoms. The molecule has 0 aromatic rings. The van der Waals surface area contributed by atoms with Gasteiger partial charge in [-0.2, -0.15) is 0 Å². The van der Waals surface area contributed by atoms with Crippen molar-refractivity contribution in [2.45, 2.75) is 53.6 Å². The molecule has 0 radical (unpaired) electrons. The smallest absolute Gasteiger partial charge is 0.0568 e. The van der Waals surface area contributed by atoms with Gasteiger partial charge < -0.3 is 5.11 Å². The van der Waals surface area contributed by atoms with Crippen LogP contribution >= 0.6 is 0 Å². The van der Waals surface area contributed by atoms with E-state index in [4.69, 9.17) is 0 Å². The first kappa shape index (κ1) is 12.0. The third-order valence-corrected chi connectivity index (χ3v) is 2.70. The zero-order chi connectivity index (χ0) is 9.72. The number of hydrogen-bond donors (Lipinski definition) is 1. The van der Waals surface area contributed by atoms with Crippen LogP contribution in [0.25, 0.3) is 0 Å². The van der Waals surface area contributed by atoms with E-state index in [2.05, 4.69) is 34.6 Å². The van der Waals surface area contributed by atoms with Gasteiger partial charge in [0.05, 0.1) is 6.10 Å². The third kappa shape index (κ3) is 4.76. The fourth-order valence-electron chi connectivity index (χ4n) is 1.21. The molecule has 0 heterocycles. The Labute approximate surface area is 77.2 Å². The molecule has 0 bridgehead atoms. The van der Waals surface area contributed by atoms with Crippen molar-refractivity contribution >= 4 is 0 Å². The van der Waals surface area contributed by atoms with E-state index in [-0.39, 0.29) is 6.10 Å². The Morgan fingerprint density at radius 2 is 1.42 bits per heavy atom. The Morgan fingerprint density at radius 3 is 1.75 bits per heavy atom. The summed E-state index contributed by atoms with van der Waals surface area (Å²) in [5, 5.41) is 9.74. The molecular weight excluding hydrogens is 148 g/mol. The Hall–Kier alpha value is -0.0400. The van der Waals surface area contributed by atoms with Crippen molar-refractivity contribution in [3.63, 3.8) is 0 Å². The molecule has 0 saturated carbocycles. The van der Waals surface area contributed by atoms with E-state index in [0.29, 0.717) is 17.8 Å². The maximum atomic E-state index is 9.74. The molecule has 2 unspecified atom stereocenters.